The van der Waals surface area contributed by atoms with Crippen molar-refractivity contribution in [2.24, 2.45) is 0 Å². The molecule has 0 saturated carbocycles. The van der Waals surface area contributed by atoms with Gasteiger partial charge in [-0.05, 0) is 26.2 Å². The van der Waals surface area contributed by atoms with Crippen LogP contribution in [0.2, 0.25) is 0 Å². The van der Waals surface area contributed by atoms with Gasteiger partial charge in [0, 0.05) is 36.4 Å². The molecule has 2 heterocycles. The maximum absolute atomic E-state index is 4.74. The van der Waals surface area contributed by atoms with E-state index in [1.54, 1.807) is 0 Å². The Kier molecular flexibility index (Phi) is 5.51. The van der Waals surface area contributed by atoms with Gasteiger partial charge in [-0.3, -0.25) is 4.98 Å². The summed E-state index contributed by atoms with van der Waals surface area (Å²) in [4.78, 5) is 13.6. The van der Waals surface area contributed by atoms with E-state index in [1.165, 1.54) is 11.5 Å². The van der Waals surface area contributed by atoms with Gasteiger partial charge < -0.3 is 9.80 Å². The first-order chi connectivity index (χ1) is 11.7. The molecule has 0 aliphatic carbocycles. The van der Waals surface area contributed by atoms with E-state index in [0.29, 0.717) is 0 Å². The zero-order valence-corrected chi connectivity index (χ0v) is 14.8. The fourth-order valence-electron chi connectivity index (χ4n) is 2.30. The Balaban J connectivity index is 1.81. The lowest BCUT2D eigenvalue weighted by atomic mass is 10.2. The lowest BCUT2D eigenvalue weighted by molar-refractivity contribution is 0.412. The summed E-state index contributed by atoms with van der Waals surface area (Å²) < 4.78 is 4.53. The highest BCUT2D eigenvalue weighted by atomic mass is 32.1. The van der Waals surface area contributed by atoms with Crippen molar-refractivity contribution in [1.82, 2.24) is 19.2 Å². The van der Waals surface area contributed by atoms with Crippen LogP contribution in [0, 0.1) is 0 Å². The van der Waals surface area contributed by atoms with Crippen LogP contribution in [0.3, 0.4) is 0 Å². The summed E-state index contributed by atoms with van der Waals surface area (Å²) in [7, 11) is 4.16. The lowest BCUT2D eigenvalue weighted by Gasteiger charge is -2.22. The van der Waals surface area contributed by atoms with Crippen LogP contribution >= 0.6 is 11.5 Å². The third-order valence-electron chi connectivity index (χ3n) is 3.61. The summed E-state index contributed by atoms with van der Waals surface area (Å²) in [6.07, 6.45) is 1.83. The second-order valence-corrected chi connectivity index (χ2v) is 6.54. The van der Waals surface area contributed by atoms with Gasteiger partial charge in [0.15, 0.2) is 5.82 Å². The van der Waals surface area contributed by atoms with E-state index in [9.17, 15) is 0 Å². The Labute approximate surface area is 146 Å². The average molecular weight is 339 g/mol. The van der Waals surface area contributed by atoms with Crippen molar-refractivity contribution < 1.29 is 0 Å². The smallest absolute Gasteiger partial charge is 0.205 e. The van der Waals surface area contributed by atoms with Gasteiger partial charge in [0.1, 0.15) is 0 Å². The first-order valence-corrected chi connectivity index (χ1v) is 8.68. The van der Waals surface area contributed by atoms with Gasteiger partial charge in [-0.2, -0.15) is 9.36 Å². The summed E-state index contributed by atoms with van der Waals surface area (Å²) in [6, 6.07) is 16.1. The van der Waals surface area contributed by atoms with Crippen LogP contribution in [-0.4, -0.2) is 46.4 Å². The summed E-state index contributed by atoms with van der Waals surface area (Å²) in [5.41, 5.74) is 2.08. The fourth-order valence-corrected chi connectivity index (χ4v) is 3.01. The summed E-state index contributed by atoms with van der Waals surface area (Å²) >= 11 is 1.44. The largest absolute Gasteiger partial charge is 0.340 e. The quantitative estimate of drug-likeness (QED) is 0.661. The molecule has 0 aliphatic heterocycles. The molecule has 5 nitrogen and oxygen atoms in total. The molecule has 1 aromatic carbocycles. The lowest BCUT2D eigenvalue weighted by Crippen LogP contribution is -2.31. The van der Waals surface area contributed by atoms with Gasteiger partial charge in [-0.15, -0.1) is 0 Å². The highest BCUT2D eigenvalue weighted by Gasteiger charge is 2.15. The van der Waals surface area contributed by atoms with Gasteiger partial charge in [0.05, 0.1) is 12.2 Å². The van der Waals surface area contributed by atoms with Crippen LogP contribution in [0.15, 0.2) is 54.7 Å². The van der Waals surface area contributed by atoms with E-state index < -0.39 is 0 Å². The molecule has 0 atom stereocenters. The molecule has 24 heavy (non-hydrogen) atoms. The van der Waals surface area contributed by atoms with Gasteiger partial charge in [-0.1, -0.05) is 36.4 Å². The molecule has 0 fully saturated rings. The Hall–Kier alpha value is -2.31. The third kappa shape index (κ3) is 4.37. The van der Waals surface area contributed by atoms with E-state index >= 15 is 0 Å². The molecule has 0 spiro atoms. The van der Waals surface area contributed by atoms with Crippen molar-refractivity contribution in [2.45, 2.75) is 6.54 Å². The summed E-state index contributed by atoms with van der Waals surface area (Å²) in [5.74, 6) is 0.784. The molecular formula is C18H21N5S. The minimum atomic E-state index is 0.734. The Morgan fingerprint density at radius 2 is 1.75 bits per heavy atom. The van der Waals surface area contributed by atoms with Crippen LogP contribution in [0.1, 0.15) is 5.69 Å². The number of aromatic nitrogens is 3. The van der Waals surface area contributed by atoms with Crippen LogP contribution in [0.25, 0.3) is 11.4 Å². The minimum absolute atomic E-state index is 0.734. The first-order valence-electron chi connectivity index (χ1n) is 7.91. The second-order valence-electron chi connectivity index (χ2n) is 5.81. The fraction of sp³-hybridized carbons (Fsp3) is 0.278. The van der Waals surface area contributed by atoms with E-state index in [2.05, 4.69) is 33.3 Å². The van der Waals surface area contributed by atoms with E-state index in [-0.39, 0.29) is 0 Å². The molecule has 0 radical (unpaired) electrons. The average Bonchev–Trinajstić information content (AvgIpc) is 3.10. The van der Waals surface area contributed by atoms with E-state index in [1.807, 2.05) is 54.7 Å². The number of hydrogen-bond acceptors (Lipinski definition) is 6. The predicted molar refractivity (Wildman–Crippen MR) is 99.2 cm³/mol. The van der Waals surface area contributed by atoms with Crippen LogP contribution in [-0.2, 0) is 6.54 Å². The number of nitrogens with zero attached hydrogens (tertiary/aromatic N) is 5. The molecule has 6 heteroatoms. The maximum Gasteiger partial charge on any atom is 0.205 e. The monoisotopic (exact) mass is 339 g/mol. The first kappa shape index (κ1) is 16.5. The molecule has 0 bridgehead atoms. The summed E-state index contributed by atoms with van der Waals surface area (Å²) in [6.45, 7) is 2.57. The van der Waals surface area contributed by atoms with Crippen molar-refractivity contribution in [3.05, 3.63) is 60.4 Å². The molecule has 2 aromatic heterocycles. The van der Waals surface area contributed by atoms with Gasteiger partial charge in [-0.25, -0.2) is 0 Å². The third-order valence-corrected chi connectivity index (χ3v) is 4.39. The molecule has 124 valence electrons. The van der Waals surface area contributed by atoms with Crippen LogP contribution in [0.5, 0.6) is 0 Å². The highest BCUT2D eigenvalue weighted by Crippen LogP contribution is 2.24. The zero-order chi connectivity index (χ0) is 16.8. The molecule has 0 amide bonds. The van der Waals surface area contributed by atoms with Crippen molar-refractivity contribution >= 4 is 16.7 Å². The SMILES string of the molecule is CN(C)CCN(Cc1ccccn1)c1nc(-c2ccccc2)ns1. The zero-order valence-electron chi connectivity index (χ0n) is 14.0. The number of benzene rings is 1. The van der Waals surface area contributed by atoms with Gasteiger partial charge in [0.2, 0.25) is 5.13 Å². The van der Waals surface area contributed by atoms with Crippen molar-refractivity contribution in [1.29, 1.82) is 0 Å². The Morgan fingerprint density at radius 3 is 2.46 bits per heavy atom. The standard InChI is InChI=1S/C18H21N5S/c1-22(2)12-13-23(14-16-10-6-7-11-19-16)18-20-17(21-24-18)15-8-4-3-5-9-15/h3-11H,12-14H2,1-2H3. The van der Waals surface area contributed by atoms with Crippen molar-refractivity contribution in [3.63, 3.8) is 0 Å². The van der Waals surface area contributed by atoms with Crippen LogP contribution in [0.4, 0.5) is 5.13 Å². The number of likely N-dealkylation sites (N-methyl/N-ethyl adjacent to an activating group) is 1. The number of anilines is 1. The minimum Gasteiger partial charge on any atom is -0.340 e. The number of rotatable bonds is 7. The highest BCUT2D eigenvalue weighted by molar-refractivity contribution is 7.09. The Bertz CT molecular complexity index is 742. The topological polar surface area (TPSA) is 45.2 Å². The molecular weight excluding hydrogens is 318 g/mol. The number of hydrogen-bond donors (Lipinski definition) is 0. The molecule has 0 N–H and O–H groups in total. The second kappa shape index (κ2) is 7.99. The van der Waals surface area contributed by atoms with Crippen molar-refractivity contribution in [2.75, 3.05) is 32.1 Å². The summed E-state index contributed by atoms with van der Waals surface area (Å²) in [5, 5.41) is 0.932. The molecule has 3 aromatic rings. The van der Waals surface area contributed by atoms with Gasteiger partial charge >= 0.3 is 0 Å². The van der Waals surface area contributed by atoms with Crippen molar-refractivity contribution in [3.8, 4) is 11.4 Å². The maximum atomic E-state index is 4.74. The normalized spacial score (nSPS) is 11.0. The van der Waals surface area contributed by atoms with Crippen LogP contribution < -0.4 is 4.90 Å². The number of pyridine rings is 1. The molecule has 0 unspecified atom stereocenters. The van der Waals surface area contributed by atoms with E-state index in [0.717, 1.165) is 41.8 Å². The molecule has 0 saturated heterocycles. The molecule has 3 rings (SSSR count). The predicted octanol–water partition coefficient (Wildman–Crippen LogP) is 3.17. The van der Waals surface area contributed by atoms with Gasteiger partial charge in [0.25, 0.3) is 0 Å². The van der Waals surface area contributed by atoms with E-state index in [4.69, 9.17) is 4.98 Å². The Morgan fingerprint density at radius 1 is 0.958 bits per heavy atom. The molecule has 0 aliphatic rings.